The summed E-state index contributed by atoms with van der Waals surface area (Å²) in [5.74, 6) is 1.62. The fraction of sp³-hybridized carbons (Fsp3) is 0.357. The zero-order chi connectivity index (χ0) is 21.8. The Balaban J connectivity index is 2.22. The van der Waals surface area contributed by atoms with Gasteiger partial charge in [0.25, 0.3) is 0 Å². The third kappa shape index (κ3) is 4.53. The fourth-order valence-corrected chi connectivity index (χ4v) is 4.71. The molecule has 0 aromatic heterocycles. The number of allylic oxidation sites excluding steroid dienone is 4. The molecule has 0 saturated carbocycles. The number of phenolic OH excluding ortho intramolecular Hbond substituents is 2. The topological polar surface area (TPSA) is 40.5 Å². The Hall–Kier alpha value is -2.74. The molecule has 2 N–H and O–H groups in total. The van der Waals surface area contributed by atoms with Crippen LogP contribution in [-0.4, -0.2) is 10.2 Å². The highest BCUT2D eigenvalue weighted by Gasteiger charge is 2.30. The molecule has 1 aliphatic carbocycles. The van der Waals surface area contributed by atoms with Crippen LogP contribution >= 0.6 is 0 Å². The summed E-state index contributed by atoms with van der Waals surface area (Å²) >= 11 is 0. The molecule has 2 aromatic carbocycles. The molecule has 2 heteroatoms. The van der Waals surface area contributed by atoms with Gasteiger partial charge in [-0.2, -0.15) is 0 Å². The molecule has 1 aliphatic rings. The van der Waals surface area contributed by atoms with Crippen LogP contribution in [0.3, 0.4) is 0 Å². The lowest BCUT2D eigenvalue weighted by Crippen LogP contribution is -2.21. The Morgan fingerprint density at radius 3 is 2.33 bits per heavy atom. The number of aromatic hydroxyl groups is 2. The van der Waals surface area contributed by atoms with Crippen molar-refractivity contribution in [2.24, 2.45) is 11.8 Å². The van der Waals surface area contributed by atoms with Crippen LogP contribution < -0.4 is 0 Å². The van der Waals surface area contributed by atoms with Crippen molar-refractivity contribution in [1.82, 2.24) is 0 Å². The Kier molecular flexibility index (Phi) is 6.87. The molecule has 0 amide bonds. The van der Waals surface area contributed by atoms with E-state index in [2.05, 4.69) is 46.1 Å². The van der Waals surface area contributed by atoms with E-state index in [0.717, 1.165) is 36.0 Å². The van der Waals surface area contributed by atoms with Crippen LogP contribution in [0, 0.1) is 11.8 Å². The molecule has 0 radical (unpaired) electrons. The van der Waals surface area contributed by atoms with E-state index in [1.807, 2.05) is 30.4 Å². The maximum absolute atomic E-state index is 11.4. The summed E-state index contributed by atoms with van der Waals surface area (Å²) in [5, 5.41) is 22.0. The van der Waals surface area contributed by atoms with E-state index in [1.54, 1.807) is 6.07 Å². The highest BCUT2D eigenvalue weighted by atomic mass is 16.3. The Morgan fingerprint density at radius 1 is 1.00 bits per heavy atom. The van der Waals surface area contributed by atoms with Crippen molar-refractivity contribution in [1.29, 1.82) is 0 Å². The fourth-order valence-electron chi connectivity index (χ4n) is 4.71. The van der Waals surface area contributed by atoms with Gasteiger partial charge >= 0.3 is 0 Å². The third-order valence-corrected chi connectivity index (χ3v) is 6.32. The van der Waals surface area contributed by atoms with Crippen LogP contribution in [0.5, 0.6) is 11.5 Å². The predicted molar refractivity (Wildman–Crippen MR) is 127 cm³/mol. The summed E-state index contributed by atoms with van der Waals surface area (Å²) in [5.41, 5.74) is 5.84. The number of hydrogen-bond acceptors (Lipinski definition) is 2. The van der Waals surface area contributed by atoms with Gasteiger partial charge in [0.05, 0.1) is 0 Å². The van der Waals surface area contributed by atoms with Gasteiger partial charge in [0.1, 0.15) is 11.5 Å². The molecule has 0 bridgehead atoms. The minimum absolute atomic E-state index is 0.167. The predicted octanol–water partition coefficient (Wildman–Crippen LogP) is 7.32. The standard InChI is InChI=1S/C28H34O2/c1-6-8-20-11-13-27(29)24(15-20)26-17-21(9-7-2)16-25(28(26)30)23-14-19(5)10-12-22(23)18(3)4/h6-7,11,13-18,22-23,29-30H,1-2,8-10,12H2,3-5H3/t22-,23-/m0/s1. The Labute approximate surface area is 181 Å². The van der Waals surface area contributed by atoms with Crippen LogP contribution in [0.4, 0.5) is 0 Å². The smallest absolute Gasteiger partial charge is 0.127 e. The van der Waals surface area contributed by atoms with Crippen LogP contribution in [0.1, 0.15) is 56.2 Å². The minimum Gasteiger partial charge on any atom is -0.507 e. The van der Waals surface area contributed by atoms with Gasteiger partial charge in [-0.05, 0) is 73.8 Å². The lowest BCUT2D eigenvalue weighted by atomic mass is 9.71. The average Bonchev–Trinajstić information content (AvgIpc) is 2.71. The zero-order valence-electron chi connectivity index (χ0n) is 18.5. The second-order valence-electron chi connectivity index (χ2n) is 8.90. The van der Waals surface area contributed by atoms with E-state index in [0.29, 0.717) is 29.4 Å². The summed E-state index contributed by atoms with van der Waals surface area (Å²) in [4.78, 5) is 0. The third-order valence-electron chi connectivity index (χ3n) is 6.32. The first-order valence-electron chi connectivity index (χ1n) is 10.9. The number of benzene rings is 2. The second-order valence-corrected chi connectivity index (χ2v) is 8.90. The molecule has 2 nitrogen and oxygen atoms in total. The molecule has 0 aliphatic heterocycles. The molecule has 0 saturated heterocycles. The van der Waals surface area contributed by atoms with E-state index < -0.39 is 0 Å². The van der Waals surface area contributed by atoms with E-state index in [-0.39, 0.29) is 17.4 Å². The molecular weight excluding hydrogens is 368 g/mol. The van der Waals surface area contributed by atoms with Gasteiger partial charge in [-0.1, -0.05) is 49.8 Å². The Morgan fingerprint density at radius 2 is 1.67 bits per heavy atom. The van der Waals surface area contributed by atoms with Crippen LogP contribution in [-0.2, 0) is 12.8 Å². The molecule has 2 aromatic rings. The first kappa shape index (κ1) is 22.0. The van der Waals surface area contributed by atoms with Gasteiger partial charge in [0.15, 0.2) is 0 Å². The van der Waals surface area contributed by atoms with Crippen molar-refractivity contribution in [3.05, 3.63) is 84.0 Å². The Bertz CT molecular complexity index is 965. The molecule has 2 atom stereocenters. The van der Waals surface area contributed by atoms with Gasteiger partial charge < -0.3 is 10.2 Å². The molecule has 0 fully saturated rings. The maximum atomic E-state index is 11.4. The maximum Gasteiger partial charge on any atom is 0.127 e. The van der Waals surface area contributed by atoms with Crippen molar-refractivity contribution in [2.45, 2.75) is 52.4 Å². The summed E-state index contributed by atoms with van der Waals surface area (Å²) in [7, 11) is 0. The van der Waals surface area contributed by atoms with E-state index >= 15 is 0 Å². The monoisotopic (exact) mass is 402 g/mol. The van der Waals surface area contributed by atoms with E-state index in [1.165, 1.54) is 5.57 Å². The summed E-state index contributed by atoms with van der Waals surface area (Å²) in [6.45, 7) is 14.4. The SMILES string of the molecule is C=CCc1ccc(O)c(-c2cc(CC=C)cc([C@H]3C=C(C)CC[C@H]3C(C)C)c2O)c1. The van der Waals surface area contributed by atoms with E-state index in [4.69, 9.17) is 0 Å². The second kappa shape index (κ2) is 9.38. The highest BCUT2D eigenvalue weighted by molar-refractivity contribution is 5.78. The number of rotatable bonds is 7. The minimum atomic E-state index is 0.167. The molecule has 30 heavy (non-hydrogen) atoms. The molecule has 3 rings (SSSR count). The molecule has 0 unspecified atom stereocenters. The van der Waals surface area contributed by atoms with Gasteiger partial charge in [0.2, 0.25) is 0 Å². The van der Waals surface area contributed by atoms with Gasteiger partial charge in [-0.15, -0.1) is 13.2 Å². The van der Waals surface area contributed by atoms with Crippen molar-refractivity contribution in [3.8, 4) is 22.6 Å². The first-order valence-corrected chi connectivity index (χ1v) is 10.9. The molecule has 158 valence electrons. The average molecular weight is 403 g/mol. The van der Waals surface area contributed by atoms with Crippen LogP contribution in [0.25, 0.3) is 11.1 Å². The lowest BCUT2D eigenvalue weighted by Gasteiger charge is -2.34. The zero-order valence-corrected chi connectivity index (χ0v) is 18.5. The lowest BCUT2D eigenvalue weighted by molar-refractivity contribution is 0.310. The first-order chi connectivity index (χ1) is 14.3. The quantitative estimate of drug-likeness (QED) is 0.476. The molecule has 0 spiro atoms. The van der Waals surface area contributed by atoms with Gasteiger partial charge in [-0.25, -0.2) is 0 Å². The van der Waals surface area contributed by atoms with Gasteiger partial charge in [0, 0.05) is 22.6 Å². The highest BCUT2D eigenvalue weighted by Crippen LogP contribution is 2.47. The number of hydrogen-bond donors (Lipinski definition) is 2. The van der Waals surface area contributed by atoms with Crippen molar-refractivity contribution in [2.75, 3.05) is 0 Å². The van der Waals surface area contributed by atoms with Crippen LogP contribution in [0.2, 0.25) is 0 Å². The van der Waals surface area contributed by atoms with E-state index in [9.17, 15) is 10.2 Å². The van der Waals surface area contributed by atoms with Crippen molar-refractivity contribution in [3.63, 3.8) is 0 Å². The normalized spacial score (nSPS) is 18.9. The molecular formula is C28H34O2. The largest absolute Gasteiger partial charge is 0.507 e. The summed E-state index contributed by atoms with van der Waals surface area (Å²) in [6, 6.07) is 9.66. The van der Waals surface area contributed by atoms with Gasteiger partial charge in [-0.3, -0.25) is 0 Å². The van der Waals surface area contributed by atoms with Crippen molar-refractivity contribution >= 4 is 0 Å². The van der Waals surface area contributed by atoms with Crippen molar-refractivity contribution < 1.29 is 10.2 Å². The molecule has 0 heterocycles. The van der Waals surface area contributed by atoms with Crippen LogP contribution in [0.15, 0.2) is 67.3 Å². The number of phenols is 2. The summed E-state index contributed by atoms with van der Waals surface area (Å²) in [6.07, 6.45) is 9.74. The summed E-state index contributed by atoms with van der Waals surface area (Å²) < 4.78 is 0.